The molecule has 0 spiro atoms. The summed E-state index contributed by atoms with van der Waals surface area (Å²) in [7, 11) is 3.71. The SMILES string of the molecule is C1CCOC1.CN(C)CC=O. The normalized spacial score (nSPS) is 15.9. The van der Waals surface area contributed by atoms with Crippen molar-refractivity contribution in [1.29, 1.82) is 0 Å². The molecule has 0 aromatic rings. The second-order valence-corrected chi connectivity index (χ2v) is 2.75. The predicted octanol–water partition coefficient (Wildman–Crippen LogP) is 0.544. The molecule has 1 fully saturated rings. The quantitative estimate of drug-likeness (QED) is 0.551. The summed E-state index contributed by atoms with van der Waals surface area (Å²) < 4.78 is 4.94. The number of rotatable bonds is 2. The van der Waals surface area contributed by atoms with Crippen LogP contribution in [0.25, 0.3) is 0 Å². The number of hydrogen-bond acceptors (Lipinski definition) is 3. The standard InChI is InChI=1S/C4H9NO.C4H8O/c1-5(2)3-4-6;1-2-4-5-3-1/h4H,3H2,1-2H3;1-4H2. The zero-order valence-electron chi connectivity index (χ0n) is 7.38. The van der Waals surface area contributed by atoms with Gasteiger partial charge in [-0.1, -0.05) is 0 Å². The minimum absolute atomic E-state index is 0.528. The van der Waals surface area contributed by atoms with Crippen molar-refractivity contribution in [2.75, 3.05) is 33.9 Å². The van der Waals surface area contributed by atoms with Crippen molar-refractivity contribution in [2.24, 2.45) is 0 Å². The highest BCUT2D eigenvalue weighted by Gasteiger charge is 1.94. The number of nitrogens with zero attached hydrogens (tertiary/aromatic N) is 1. The van der Waals surface area contributed by atoms with E-state index in [-0.39, 0.29) is 0 Å². The second-order valence-electron chi connectivity index (χ2n) is 2.75. The van der Waals surface area contributed by atoms with E-state index < -0.39 is 0 Å². The maximum Gasteiger partial charge on any atom is 0.133 e. The third-order valence-electron chi connectivity index (χ3n) is 1.27. The number of carbonyl (C=O) groups is 1. The Bertz CT molecular complexity index is 82.5. The Labute approximate surface area is 68.3 Å². The van der Waals surface area contributed by atoms with Crippen LogP contribution in [0.1, 0.15) is 12.8 Å². The maximum absolute atomic E-state index is 9.57. The summed E-state index contributed by atoms with van der Waals surface area (Å²) in [6.07, 6.45) is 3.43. The summed E-state index contributed by atoms with van der Waals surface area (Å²) in [4.78, 5) is 11.4. The average Bonchev–Trinajstić information content (AvgIpc) is 2.41. The molecule has 1 saturated heterocycles. The Kier molecular flexibility index (Phi) is 7.41. The maximum atomic E-state index is 9.57. The van der Waals surface area contributed by atoms with Crippen molar-refractivity contribution in [1.82, 2.24) is 4.90 Å². The van der Waals surface area contributed by atoms with Crippen LogP contribution in [-0.2, 0) is 9.53 Å². The summed E-state index contributed by atoms with van der Waals surface area (Å²) in [6.45, 7) is 2.53. The third-order valence-corrected chi connectivity index (χ3v) is 1.27. The minimum atomic E-state index is 0.528. The minimum Gasteiger partial charge on any atom is -0.381 e. The van der Waals surface area contributed by atoms with E-state index in [4.69, 9.17) is 4.74 Å². The van der Waals surface area contributed by atoms with Crippen molar-refractivity contribution >= 4 is 6.29 Å². The number of aldehydes is 1. The highest BCUT2D eigenvalue weighted by molar-refractivity contribution is 5.51. The summed E-state index contributed by atoms with van der Waals surface area (Å²) in [6, 6.07) is 0. The molecule has 1 aliphatic rings. The number of likely N-dealkylation sites (N-methyl/N-ethyl adjacent to an activating group) is 1. The highest BCUT2D eigenvalue weighted by Crippen LogP contribution is 1.98. The largest absolute Gasteiger partial charge is 0.381 e. The van der Waals surface area contributed by atoms with Gasteiger partial charge in [0, 0.05) is 13.2 Å². The summed E-state index contributed by atoms with van der Waals surface area (Å²) >= 11 is 0. The lowest BCUT2D eigenvalue weighted by atomic mass is 10.4. The Morgan fingerprint density at radius 1 is 1.36 bits per heavy atom. The van der Waals surface area contributed by atoms with Gasteiger partial charge in [0.1, 0.15) is 6.29 Å². The molecule has 1 rings (SSSR count). The van der Waals surface area contributed by atoms with Crippen LogP contribution in [-0.4, -0.2) is 45.0 Å². The van der Waals surface area contributed by atoms with Gasteiger partial charge in [-0.25, -0.2) is 0 Å². The van der Waals surface area contributed by atoms with Gasteiger partial charge in [0.25, 0.3) is 0 Å². The first-order chi connectivity index (χ1) is 5.27. The van der Waals surface area contributed by atoms with E-state index in [1.807, 2.05) is 19.0 Å². The smallest absolute Gasteiger partial charge is 0.133 e. The molecule has 0 unspecified atom stereocenters. The zero-order chi connectivity index (χ0) is 8.53. The molecular formula is C8H17NO2. The first-order valence-corrected chi connectivity index (χ1v) is 3.93. The van der Waals surface area contributed by atoms with Gasteiger partial charge in [-0.2, -0.15) is 0 Å². The van der Waals surface area contributed by atoms with E-state index in [2.05, 4.69) is 0 Å². The molecule has 66 valence electrons. The van der Waals surface area contributed by atoms with Crippen LogP contribution in [0.15, 0.2) is 0 Å². The van der Waals surface area contributed by atoms with Crippen molar-refractivity contribution in [3.63, 3.8) is 0 Å². The fourth-order valence-corrected chi connectivity index (χ4v) is 0.659. The Morgan fingerprint density at radius 3 is 2.00 bits per heavy atom. The van der Waals surface area contributed by atoms with E-state index in [0.717, 1.165) is 19.5 Å². The monoisotopic (exact) mass is 159 g/mol. The van der Waals surface area contributed by atoms with Crippen molar-refractivity contribution in [3.05, 3.63) is 0 Å². The van der Waals surface area contributed by atoms with E-state index in [0.29, 0.717) is 6.54 Å². The Morgan fingerprint density at radius 2 is 1.91 bits per heavy atom. The first kappa shape index (κ1) is 10.6. The van der Waals surface area contributed by atoms with Gasteiger partial charge >= 0.3 is 0 Å². The molecule has 1 heterocycles. The number of carbonyl (C=O) groups excluding carboxylic acids is 1. The lowest BCUT2D eigenvalue weighted by Crippen LogP contribution is -2.13. The van der Waals surface area contributed by atoms with Crippen LogP contribution < -0.4 is 0 Å². The molecular weight excluding hydrogens is 142 g/mol. The molecule has 0 aromatic carbocycles. The van der Waals surface area contributed by atoms with Crippen LogP contribution in [0.2, 0.25) is 0 Å². The van der Waals surface area contributed by atoms with Gasteiger partial charge in [0.15, 0.2) is 0 Å². The van der Waals surface area contributed by atoms with Gasteiger partial charge in [-0.05, 0) is 26.9 Å². The molecule has 3 heteroatoms. The van der Waals surface area contributed by atoms with Crippen LogP contribution >= 0.6 is 0 Å². The molecule has 0 aliphatic carbocycles. The fourth-order valence-electron chi connectivity index (χ4n) is 0.659. The third kappa shape index (κ3) is 9.59. The number of ether oxygens (including phenoxy) is 1. The Balaban J connectivity index is 0.000000183. The van der Waals surface area contributed by atoms with Crippen LogP contribution in [0.4, 0.5) is 0 Å². The molecule has 0 atom stereocenters. The summed E-state index contributed by atoms with van der Waals surface area (Å²) in [5.74, 6) is 0. The van der Waals surface area contributed by atoms with Gasteiger partial charge < -0.3 is 14.4 Å². The lowest BCUT2D eigenvalue weighted by Gasteiger charge is -1.99. The molecule has 0 aromatic heterocycles. The van der Waals surface area contributed by atoms with Gasteiger partial charge in [0.05, 0.1) is 6.54 Å². The van der Waals surface area contributed by atoms with Crippen LogP contribution in [0.3, 0.4) is 0 Å². The van der Waals surface area contributed by atoms with E-state index in [9.17, 15) is 4.79 Å². The van der Waals surface area contributed by atoms with Gasteiger partial charge in [-0.3, -0.25) is 0 Å². The lowest BCUT2D eigenvalue weighted by molar-refractivity contribution is -0.108. The molecule has 3 nitrogen and oxygen atoms in total. The molecule has 11 heavy (non-hydrogen) atoms. The predicted molar refractivity (Wildman–Crippen MR) is 44.7 cm³/mol. The van der Waals surface area contributed by atoms with Crippen molar-refractivity contribution < 1.29 is 9.53 Å². The topological polar surface area (TPSA) is 29.5 Å². The fraction of sp³-hybridized carbons (Fsp3) is 0.875. The Hall–Kier alpha value is -0.410. The van der Waals surface area contributed by atoms with Crippen LogP contribution in [0, 0.1) is 0 Å². The van der Waals surface area contributed by atoms with Crippen molar-refractivity contribution in [2.45, 2.75) is 12.8 Å². The summed E-state index contributed by atoms with van der Waals surface area (Å²) in [5, 5.41) is 0. The van der Waals surface area contributed by atoms with Crippen LogP contribution in [0.5, 0.6) is 0 Å². The highest BCUT2D eigenvalue weighted by atomic mass is 16.5. The average molecular weight is 159 g/mol. The molecule has 0 amide bonds. The molecule has 0 saturated carbocycles. The zero-order valence-corrected chi connectivity index (χ0v) is 7.38. The summed E-state index contributed by atoms with van der Waals surface area (Å²) in [5.41, 5.74) is 0. The first-order valence-electron chi connectivity index (χ1n) is 3.93. The molecule has 0 bridgehead atoms. The van der Waals surface area contributed by atoms with E-state index >= 15 is 0 Å². The second kappa shape index (κ2) is 7.69. The molecule has 0 radical (unpaired) electrons. The number of hydrogen-bond donors (Lipinski definition) is 0. The van der Waals surface area contributed by atoms with Gasteiger partial charge in [-0.15, -0.1) is 0 Å². The molecule has 0 N–H and O–H groups in total. The van der Waals surface area contributed by atoms with Gasteiger partial charge in [0.2, 0.25) is 0 Å². The van der Waals surface area contributed by atoms with E-state index in [1.165, 1.54) is 12.8 Å². The van der Waals surface area contributed by atoms with Crippen molar-refractivity contribution in [3.8, 4) is 0 Å². The molecule has 1 aliphatic heterocycles. The van der Waals surface area contributed by atoms with E-state index in [1.54, 1.807) is 0 Å².